The van der Waals surface area contributed by atoms with Crippen molar-refractivity contribution >= 4 is 51.6 Å². The Kier molecular flexibility index (Phi) is 5.86. The molecule has 0 aliphatic carbocycles. The third-order valence-corrected chi connectivity index (χ3v) is 5.80. The number of benzene rings is 2. The molecule has 0 bridgehead atoms. The summed E-state index contributed by atoms with van der Waals surface area (Å²) in [5, 5.41) is 5.42. The maximum atomic E-state index is 12.7. The standard InChI is InChI=1S/C22H17Cl3N2O2/c23-14-4-6-21-17(9-14)18(12-26-21)16(13-3-5-19(24)20(25)8-13)10-22(28)27-11-15-2-1-7-29-15/h1-9,12,16,26H,10-11H2,(H,27,28). The monoisotopic (exact) mass is 446 g/mol. The fourth-order valence-electron chi connectivity index (χ4n) is 3.40. The Morgan fingerprint density at radius 3 is 2.69 bits per heavy atom. The molecule has 1 unspecified atom stereocenters. The van der Waals surface area contributed by atoms with Gasteiger partial charge >= 0.3 is 0 Å². The van der Waals surface area contributed by atoms with Gasteiger partial charge in [0, 0.05) is 34.5 Å². The summed E-state index contributed by atoms with van der Waals surface area (Å²) in [5.41, 5.74) is 2.81. The number of furan rings is 1. The summed E-state index contributed by atoms with van der Waals surface area (Å²) in [6.45, 7) is 0.333. The molecule has 0 saturated heterocycles. The Morgan fingerprint density at radius 1 is 1.07 bits per heavy atom. The van der Waals surface area contributed by atoms with Crippen LogP contribution in [0.1, 0.15) is 29.2 Å². The Balaban J connectivity index is 1.67. The lowest BCUT2D eigenvalue weighted by molar-refractivity contribution is -0.121. The average Bonchev–Trinajstić information content (AvgIpc) is 3.36. The summed E-state index contributed by atoms with van der Waals surface area (Å²) in [6, 6.07) is 14.7. The number of hydrogen-bond donors (Lipinski definition) is 2. The van der Waals surface area contributed by atoms with E-state index in [4.69, 9.17) is 39.2 Å². The zero-order valence-corrected chi connectivity index (χ0v) is 17.5. The van der Waals surface area contributed by atoms with E-state index >= 15 is 0 Å². The van der Waals surface area contributed by atoms with Gasteiger partial charge in [-0.1, -0.05) is 40.9 Å². The van der Waals surface area contributed by atoms with Crippen LogP contribution in [0, 0.1) is 0 Å². The molecule has 0 aliphatic rings. The van der Waals surface area contributed by atoms with Crippen molar-refractivity contribution < 1.29 is 9.21 Å². The van der Waals surface area contributed by atoms with Crippen LogP contribution in [0.4, 0.5) is 0 Å². The molecule has 1 amide bonds. The molecule has 0 saturated carbocycles. The number of hydrogen-bond acceptors (Lipinski definition) is 2. The van der Waals surface area contributed by atoms with Gasteiger partial charge < -0.3 is 14.7 Å². The van der Waals surface area contributed by atoms with E-state index in [2.05, 4.69) is 10.3 Å². The largest absolute Gasteiger partial charge is 0.467 e. The molecule has 2 aromatic carbocycles. The number of rotatable bonds is 6. The van der Waals surface area contributed by atoms with Crippen molar-refractivity contribution in [1.82, 2.24) is 10.3 Å². The second-order valence-electron chi connectivity index (χ2n) is 6.72. The fourth-order valence-corrected chi connectivity index (χ4v) is 3.87. The van der Waals surface area contributed by atoms with E-state index in [9.17, 15) is 4.79 Å². The van der Waals surface area contributed by atoms with Crippen molar-refractivity contribution in [2.45, 2.75) is 18.9 Å². The summed E-state index contributed by atoms with van der Waals surface area (Å²) >= 11 is 18.6. The molecular formula is C22H17Cl3N2O2. The lowest BCUT2D eigenvalue weighted by atomic mass is 9.88. The van der Waals surface area contributed by atoms with Crippen LogP contribution in [0.3, 0.4) is 0 Å². The van der Waals surface area contributed by atoms with Crippen LogP contribution in [-0.4, -0.2) is 10.9 Å². The van der Waals surface area contributed by atoms with Gasteiger partial charge in [0.2, 0.25) is 5.91 Å². The number of aromatic nitrogens is 1. The summed E-state index contributed by atoms with van der Waals surface area (Å²) in [6.07, 6.45) is 3.72. The average molecular weight is 448 g/mol. The maximum absolute atomic E-state index is 12.7. The first-order valence-corrected chi connectivity index (χ1v) is 10.1. The summed E-state index contributed by atoms with van der Waals surface area (Å²) in [7, 11) is 0. The molecular weight excluding hydrogens is 431 g/mol. The molecule has 0 fully saturated rings. The van der Waals surface area contributed by atoms with Gasteiger partial charge in [0.05, 0.1) is 22.9 Å². The predicted molar refractivity (Wildman–Crippen MR) is 117 cm³/mol. The number of carbonyl (C=O) groups excluding carboxylic acids is 1. The van der Waals surface area contributed by atoms with Gasteiger partial charge in [0.1, 0.15) is 5.76 Å². The Hall–Kier alpha value is -2.40. The molecule has 4 nitrogen and oxygen atoms in total. The van der Waals surface area contributed by atoms with E-state index in [1.165, 1.54) is 0 Å². The summed E-state index contributed by atoms with van der Waals surface area (Å²) < 4.78 is 5.28. The second kappa shape index (κ2) is 8.54. The van der Waals surface area contributed by atoms with Crippen molar-refractivity contribution in [3.05, 3.63) is 92.9 Å². The highest BCUT2D eigenvalue weighted by Gasteiger charge is 2.22. The number of carbonyl (C=O) groups is 1. The number of nitrogens with one attached hydrogen (secondary N) is 2. The molecule has 2 N–H and O–H groups in total. The van der Waals surface area contributed by atoms with E-state index < -0.39 is 0 Å². The van der Waals surface area contributed by atoms with Crippen LogP contribution in [-0.2, 0) is 11.3 Å². The Labute approximate surface area is 182 Å². The summed E-state index contributed by atoms with van der Waals surface area (Å²) in [4.78, 5) is 16.0. The fraction of sp³-hybridized carbons (Fsp3) is 0.136. The number of amides is 1. The minimum absolute atomic E-state index is 0.103. The van der Waals surface area contributed by atoms with Crippen LogP contribution in [0.25, 0.3) is 10.9 Å². The zero-order valence-electron chi connectivity index (χ0n) is 15.2. The third kappa shape index (κ3) is 4.45. The quantitative estimate of drug-likeness (QED) is 0.351. The molecule has 2 aromatic heterocycles. The van der Waals surface area contributed by atoms with Gasteiger partial charge in [0.15, 0.2) is 0 Å². The van der Waals surface area contributed by atoms with Gasteiger partial charge in [-0.25, -0.2) is 0 Å². The molecule has 29 heavy (non-hydrogen) atoms. The zero-order chi connectivity index (χ0) is 20.4. The summed E-state index contributed by atoms with van der Waals surface area (Å²) in [5.74, 6) is 0.366. The number of aromatic amines is 1. The molecule has 0 radical (unpaired) electrons. The number of fused-ring (bicyclic) bond motifs is 1. The molecule has 0 spiro atoms. The SMILES string of the molecule is O=C(CC(c1ccc(Cl)c(Cl)c1)c1c[nH]c2ccc(Cl)cc12)NCc1ccco1. The van der Waals surface area contributed by atoms with Crippen molar-refractivity contribution in [3.8, 4) is 0 Å². The molecule has 7 heteroatoms. The van der Waals surface area contributed by atoms with Gasteiger partial charge in [-0.05, 0) is 53.6 Å². The first-order chi connectivity index (χ1) is 14.0. The van der Waals surface area contributed by atoms with Crippen LogP contribution < -0.4 is 5.32 Å². The highest BCUT2D eigenvalue weighted by Crippen LogP contribution is 2.36. The van der Waals surface area contributed by atoms with Crippen LogP contribution >= 0.6 is 34.8 Å². The van der Waals surface area contributed by atoms with E-state index in [-0.39, 0.29) is 18.2 Å². The minimum atomic E-state index is -0.228. The maximum Gasteiger partial charge on any atom is 0.221 e. The van der Waals surface area contributed by atoms with Gasteiger partial charge in [-0.2, -0.15) is 0 Å². The Morgan fingerprint density at radius 2 is 1.93 bits per heavy atom. The number of halogens is 3. The van der Waals surface area contributed by atoms with Crippen LogP contribution in [0.15, 0.2) is 65.4 Å². The predicted octanol–water partition coefficient (Wildman–Crippen LogP) is 6.56. The Bertz CT molecular complexity index is 1150. The molecule has 1 atom stereocenters. The van der Waals surface area contributed by atoms with E-state index in [0.29, 0.717) is 27.4 Å². The highest BCUT2D eigenvalue weighted by molar-refractivity contribution is 6.42. The second-order valence-corrected chi connectivity index (χ2v) is 7.97. The van der Waals surface area contributed by atoms with Gasteiger partial charge in [0.25, 0.3) is 0 Å². The van der Waals surface area contributed by atoms with Gasteiger partial charge in [-0.3, -0.25) is 4.79 Å². The van der Waals surface area contributed by atoms with E-state index in [0.717, 1.165) is 22.0 Å². The smallest absolute Gasteiger partial charge is 0.221 e. The first kappa shape index (κ1) is 19.9. The molecule has 2 heterocycles. The van der Waals surface area contributed by atoms with Crippen molar-refractivity contribution in [3.63, 3.8) is 0 Å². The van der Waals surface area contributed by atoms with Crippen LogP contribution in [0.5, 0.6) is 0 Å². The topological polar surface area (TPSA) is 58.0 Å². The highest BCUT2D eigenvalue weighted by atomic mass is 35.5. The van der Waals surface area contributed by atoms with Crippen molar-refractivity contribution in [1.29, 1.82) is 0 Å². The minimum Gasteiger partial charge on any atom is -0.467 e. The normalized spacial score (nSPS) is 12.2. The molecule has 148 valence electrons. The van der Waals surface area contributed by atoms with Crippen molar-refractivity contribution in [2.75, 3.05) is 0 Å². The molecule has 4 rings (SSSR count). The third-order valence-electron chi connectivity index (χ3n) is 4.83. The number of H-pyrrole nitrogens is 1. The molecule has 4 aromatic rings. The first-order valence-electron chi connectivity index (χ1n) is 9.02. The van der Waals surface area contributed by atoms with Crippen LogP contribution in [0.2, 0.25) is 15.1 Å². The lowest BCUT2D eigenvalue weighted by Gasteiger charge is -2.18. The van der Waals surface area contributed by atoms with E-state index in [1.807, 2.05) is 36.5 Å². The van der Waals surface area contributed by atoms with Crippen molar-refractivity contribution in [2.24, 2.45) is 0 Å². The van der Waals surface area contributed by atoms with E-state index in [1.54, 1.807) is 24.5 Å². The van der Waals surface area contributed by atoms with Gasteiger partial charge in [-0.15, -0.1) is 0 Å². The molecule has 0 aliphatic heterocycles. The lowest BCUT2D eigenvalue weighted by Crippen LogP contribution is -2.24.